The lowest BCUT2D eigenvalue weighted by Crippen LogP contribution is -2.38. The van der Waals surface area contributed by atoms with Gasteiger partial charge in [-0.15, -0.1) is 0 Å². The number of aromatic nitrogens is 2. The quantitative estimate of drug-likeness (QED) is 0.703. The van der Waals surface area contributed by atoms with Crippen molar-refractivity contribution >= 4 is 22.9 Å². The zero-order valence-electron chi connectivity index (χ0n) is 14.9. The van der Waals surface area contributed by atoms with Crippen LogP contribution in [0.4, 0.5) is 5.69 Å². The first-order valence-electron chi connectivity index (χ1n) is 9.16. The van der Waals surface area contributed by atoms with Gasteiger partial charge in [-0.1, -0.05) is 6.07 Å². The summed E-state index contributed by atoms with van der Waals surface area (Å²) in [5.41, 5.74) is 4.22. The molecule has 0 saturated carbocycles. The Bertz CT molecular complexity index is 959. The van der Waals surface area contributed by atoms with Gasteiger partial charge in [-0.2, -0.15) is 11.3 Å². The largest absolute Gasteiger partial charge is 0.365 e. The summed E-state index contributed by atoms with van der Waals surface area (Å²) in [5.74, 6) is 0.135. The molecule has 5 rings (SSSR count). The van der Waals surface area contributed by atoms with E-state index in [1.165, 1.54) is 11.3 Å². The molecule has 1 amide bonds. The van der Waals surface area contributed by atoms with Crippen LogP contribution in [0, 0.1) is 0 Å². The van der Waals surface area contributed by atoms with Crippen molar-refractivity contribution in [3.63, 3.8) is 0 Å². The number of nitrogens with zero attached hydrogens (tertiary/aromatic N) is 4. The number of likely N-dealkylation sites (tertiary alicyclic amines) is 1. The third kappa shape index (κ3) is 2.80. The average molecular weight is 376 g/mol. The minimum Gasteiger partial charge on any atom is -0.365 e. The number of rotatable bonds is 3. The highest BCUT2D eigenvalue weighted by Crippen LogP contribution is 2.45. The lowest BCUT2D eigenvalue weighted by molar-refractivity contribution is 0.0785. The molecule has 0 radical (unpaired) electrons. The molecule has 1 fully saturated rings. The first-order valence-corrected chi connectivity index (χ1v) is 10.1. The summed E-state index contributed by atoms with van der Waals surface area (Å²) in [6.07, 6.45) is 6.55. The first-order chi connectivity index (χ1) is 13.3. The van der Waals surface area contributed by atoms with Gasteiger partial charge >= 0.3 is 0 Å². The average Bonchev–Trinajstić information content (AvgIpc) is 3.44. The van der Waals surface area contributed by atoms with Gasteiger partial charge in [0.05, 0.1) is 22.4 Å². The Labute approximate surface area is 162 Å². The molecule has 1 spiro atoms. The van der Waals surface area contributed by atoms with Gasteiger partial charge in [0.25, 0.3) is 5.91 Å². The summed E-state index contributed by atoms with van der Waals surface area (Å²) in [4.78, 5) is 26.2. The van der Waals surface area contributed by atoms with Gasteiger partial charge in [0.1, 0.15) is 0 Å². The molecule has 2 aliphatic heterocycles. The first kappa shape index (κ1) is 16.4. The predicted octanol–water partition coefficient (Wildman–Crippen LogP) is 3.34. The molecule has 0 aromatic carbocycles. The Morgan fingerprint density at radius 3 is 2.93 bits per heavy atom. The van der Waals surface area contributed by atoms with Gasteiger partial charge in [0, 0.05) is 50.1 Å². The van der Waals surface area contributed by atoms with E-state index in [9.17, 15) is 4.79 Å². The molecule has 136 valence electrons. The van der Waals surface area contributed by atoms with Crippen molar-refractivity contribution in [2.75, 3.05) is 24.5 Å². The minimum absolute atomic E-state index is 0.0789. The van der Waals surface area contributed by atoms with Gasteiger partial charge < -0.3 is 9.80 Å². The molecule has 3 aromatic rings. The summed E-state index contributed by atoms with van der Waals surface area (Å²) in [7, 11) is 0. The molecule has 0 aliphatic carbocycles. The van der Waals surface area contributed by atoms with Crippen LogP contribution in [0.5, 0.6) is 0 Å². The van der Waals surface area contributed by atoms with Gasteiger partial charge in [0.15, 0.2) is 0 Å². The third-order valence-corrected chi connectivity index (χ3v) is 6.31. The summed E-state index contributed by atoms with van der Waals surface area (Å²) in [6, 6.07) is 10.1. The third-order valence-electron chi connectivity index (χ3n) is 5.63. The number of carbonyl (C=O) groups is 1. The van der Waals surface area contributed by atoms with E-state index in [2.05, 4.69) is 22.0 Å². The zero-order valence-corrected chi connectivity index (χ0v) is 15.7. The van der Waals surface area contributed by atoms with Crippen LogP contribution in [0.1, 0.15) is 28.0 Å². The molecule has 1 atom stereocenters. The lowest BCUT2D eigenvalue weighted by atomic mass is 9.85. The molecule has 5 nitrogen and oxygen atoms in total. The highest BCUT2D eigenvalue weighted by atomic mass is 32.1. The van der Waals surface area contributed by atoms with E-state index in [0.29, 0.717) is 0 Å². The summed E-state index contributed by atoms with van der Waals surface area (Å²) in [5, 5.41) is 3.89. The molecule has 6 heteroatoms. The molecule has 2 aliphatic rings. The minimum atomic E-state index is -0.0789. The number of carbonyl (C=O) groups excluding carboxylic acids is 1. The van der Waals surface area contributed by atoms with E-state index >= 15 is 0 Å². The van der Waals surface area contributed by atoms with Crippen LogP contribution in [0.2, 0.25) is 0 Å². The van der Waals surface area contributed by atoms with E-state index in [-0.39, 0.29) is 11.3 Å². The van der Waals surface area contributed by atoms with Crippen LogP contribution in [-0.2, 0) is 12.0 Å². The van der Waals surface area contributed by atoms with E-state index < -0.39 is 0 Å². The molecule has 1 saturated heterocycles. The highest BCUT2D eigenvalue weighted by molar-refractivity contribution is 7.08. The van der Waals surface area contributed by atoms with Crippen LogP contribution >= 0.6 is 11.3 Å². The van der Waals surface area contributed by atoms with Gasteiger partial charge in [-0.25, -0.2) is 0 Å². The summed E-state index contributed by atoms with van der Waals surface area (Å²) >= 11 is 1.57. The van der Waals surface area contributed by atoms with Crippen LogP contribution in [0.25, 0.3) is 0 Å². The van der Waals surface area contributed by atoms with Crippen molar-refractivity contribution in [2.24, 2.45) is 0 Å². The van der Waals surface area contributed by atoms with Crippen molar-refractivity contribution in [3.05, 3.63) is 76.5 Å². The molecular weight excluding hydrogens is 356 g/mol. The second-order valence-electron chi connectivity index (χ2n) is 7.36. The van der Waals surface area contributed by atoms with Crippen molar-refractivity contribution < 1.29 is 4.79 Å². The van der Waals surface area contributed by atoms with Crippen molar-refractivity contribution in [1.82, 2.24) is 14.9 Å². The van der Waals surface area contributed by atoms with Gasteiger partial charge in [-0.3, -0.25) is 14.8 Å². The maximum Gasteiger partial charge on any atom is 0.254 e. The molecule has 5 heterocycles. The molecular formula is C21H20N4OS. The van der Waals surface area contributed by atoms with Crippen molar-refractivity contribution in [2.45, 2.75) is 18.4 Å². The normalized spacial score (nSPS) is 21.0. The predicted molar refractivity (Wildman–Crippen MR) is 106 cm³/mol. The van der Waals surface area contributed by atoms with Gasteiger partial charge in [-0.05, 0) is 41.6 Å². The molecule has 0 unspecified atom stereocenters. The fourth-order valence-electron chi connectivity index (χ4n) is 4.38. The topological polar surface area (TPSA) is 49.3 Å². The Hall–Kier alpha value is -2.73. The molecule has 0 bridgehead atoms. The number of fused-ring (bicyclic) bond motifs is 2. The SMILES string of the molecule is O=C(c1ccsc1)N1CC[C@@]2(C1)CN(Cc1cccnc1)c1cccnc12. The second-order valence-corrected chi connectivity index (χ2v) is 8.14. The van der Waals surface area contributed by atoms with Gasteiger partial charge in [0.2, 0.25) is 0 Å². The van der Waals surface area contributed by atoms with Crippen LogP contribution < -0.4 is 4.90 Å². The van der Waals surface area contributed by atoms with Crippen LogP contribution in [0.15, 0.2) is 59.7 Å². The zero-order chi connectivity index (χ0) is 18.3. The summed E-state index contributed by atoms with van der Waals surface area (Å²) in [6.45, 7) is 3.22. The fraction of sp³-hybridized carbons (Fsp3) is 0.286. The fourth-order valence-corrected chi connectivity index (χ4v) is 5.01. The molecule has 3 aromatic heterocycles. The number of amides is 1. The number of anilines is 1. The van der Waals surface area contributed by atoms with E-state index in [0.717, 1.165) is 43.9 Å². The van der Waals surface area contributed by atoms with Crippen LogP contribution in [-0.4, -0.2) is 40.4 Å². The van der Waals surface area contributed by atoms with Crippen LogP contribution in [0.3, 0.4) is 0 Å². The lowest BCUT2D eigenvalue weighted by Gasteiger charge is -2.25. The number of hydrogen-bond donors (Lipinski definition) is 0. The molecule has 0 N–H and O–H groups in total. The smallest absolute Gasteiger partial charge is 0.254 e. The Morgan fingerprint density at radius 1 is 1.19 bits per heavy atom. The maximum absolute atomic E-state index is 12.8. The number of hydrogen-bond acceptors (Lipinski definition) is 5. The standard InChI is InChI=1S/C21H20N4OS/c26-20(17-5-10-27-13-17)24-9-6-21(14-24)15-25(12-16-3-1-7-22-11-16)18-4-2-8-23-19(18)21/h1-5,7-8,10-11,13H,6,9,12,14-15H2/t21-/m1/s1. The Kier molecular flexibility index (Phi) is 3.93. The Morgan fingerprint density at radius 2 is 2.11 bits per heavy atom. The second kappa shape index (κ2) is 6.46. The van der Waals surface area contributed by atoms with Crippen molar-refractivity contribution in [3.8, 4) is 0 Å². The number of thiophene rings is 1. The van der Waals surface area contributed by atoms with Crippen molar-refractivity contribution in [1.29, 1.82) is 0 Å². The summed E-state index contributed by atoms with van der Waals surface area (Å²) < 4.78 is 0. The van der Waals surface area contributed by atoms with E-state index in [4.69, 9.17) is 4.98 Å². The van der Waals surface area contributed by atoms with E-state index in [1.807, 2.05) is 46.3 Å². The highest BCUT2D eigenvalue weighted by Gasteiger charge is 2.49. The molecule has 27 heavy (non-hydrogen) atoms. The Balaban J connectivity index is 1.43. The maximum atomic E-state index is 12.8. The number of pyridine rings is 2. The monoisotopic (exact) mass is 376 g/mol. The van der Waals surface area contributed by atoms with E-state index in [1.54, 1.807) is 17.5 Å².